The number of carbonyl (C=O) groups excluding carboxylic acids is 3. The summed E-state index contributed by atoms with van der Waals surface area (Å²) in [6.07, 6.45) is 7.90. The number of hydrogen-bond acceptors (Lipinski definition) is 4. The van der Waals surface area contributed by atoms with Crippen LogP contribution < -0.4 is 0 Å². The van der Waals surface area contributed by atoms with Crippen molar-refractivity contribution in [3.8, 4) is 0 Å². The molecule has 1 unspecified atom stereocenters. The zero-order valence-corrected chi connectivity index (χ0v) is 15.3. The maximum atomic E-state index is 12.7. The van der Waals surface area contributed by atoms with Gasteiger partial charge in [-0.05, 0) is 50.4 Å². The van der Waals surface area contributed by atoms with Crippen molar-refractivity contribution in [2.45, 2.75) is 51.9 Å². The molecular weight excluding hydrogens is 322 g/mol. The molecule has 1 atom stereocenters. The number of rotatable bonds is 6. The Morgan fingerprint density at radius 3 is 2.72 bits per heavy atom. The van der Waals surface area contributed by atoms with E-state index in [0.29, 0.717) is 31.0 Å². The van der Waals surface area contributed by atoms with E-state index in [1.807, 2.05) is 0 Å². The third-order valence-corrected chi connectivity index (χ3v) is 5.95. The fourth-order valence-corrected chi connectivity index (χ4v) is 4.37. The number of nitrogens with zero attached hydrogens (tertiary/aromatic N) is 3. The highest BCUT2D eigenvalue weighted by atomic mass is 16.7. The highest BCUT2D eigenvalue weighted by Crippen LogP contribution is 2.57. The zero-order chi connectivity index (χ0) is 18.0. The first-order chi connectivity index (χ1) is 12.0. The topological polar surface area (TPSA) is 70.2 Å². The number of hydrogen-bond donors (Lipinski definition) is 0. The van der Waals surface area contributed by atoms with E-state index < -0.39 is 0 Å². The van der Waals surface area contributed by atoms with Gasteiger partial charge in [-0.3, -0.25) is 19.3 Å². The molecule has 0 N–H and O–H groups in total. The van der Waals surface area contributed by atoms with Crippen molar-refractivity contribution in [2.75, 3.05) is 33.3 Å². The van der Waals surface area contributed by atoms with E-state index in [1.165, 1.54) is 39.2 Å². The van der Waals surface area contributed by atoms with Crippen molar-refractivity contribution < 1.29 is 19.2 Å². The molecule has 7 nitrogen and oxygen atoms in total. The molecule has 1 aliphatic heterocycles. The van der Waals surface area contributed by atoms with Crippen LogP contribution in [0.2, 0.25) is 0 Å². The first-order valence-corrected chi connectivity index (χ1v) is 9.42. The van der Waals surface area contributed by atoms with Gasteiger partial charge in [0.25, 0.3) is 5.91 Å². The summed E-state index contributed by atoms with van der Waals surface area (Å²) in [6, 6.07) is -0.327. The second kappa shape index (κ2) is 7.32. The van der Waals surface area contributed by atoms with Gasteiger partial charge in [0.05, 0.1) is 7.11 Å². The molecule has 1 heterocycles. The highest BCUT2D eigenvalue weighted by molar-refractivity contribution is 6.00. The number of hydroxylamine groups is 2. The molecule has 25 heavy (non-hydrogen) atoms. The van der Waals surface area contributed by atoms with Crippen LogP contribution >= 0.6 is 0 Å². The van der Waals surface area contributed by atoms with Gasteiger partial charge in [-0.2, -0.15) is 0 Å². The smallest absolute Gasteiger partial charge is 0.323 e. The summed E-state index contributed by atoms with van der Waals surface area (Å²) in [7, 11) is 1.41. The van der Waals surface area contributed by atoms with Gasteiger partial charge < -0.3 is 4.90 Å². The predicted octanol–water partition coefficient (Wildman–Crippen LogP) is 2.02. The Labute approximate surface area is 149 Å². The van der Waals surface area contributed by atoms with E-state index in [1.54, 1.807) is 11.8 Å². The monoisotopic (exact) mass is 351 g/mol. The van der Waals surface area contributed by atoms with Gasteiger partial charge in [0.1, 0.15) is 6.54 Å². The number of imide groups is 1. The van der Waals surface area contributed by atoms with Gasteiger partial charge in [0.15, 0.2) is 0 Å². The van der Waals surface area contributed by atoms with Crippen molar-refractivity contribution in [1.29, 1.82) is 0 Å². The Morgan fingerprint density at radius 1 is 1.32 bits per heavy atom. The summed E-state index contributed by atoms with van der Waals surface area (Å²) >= 11 is 0. The first kappa shape index (κ1) is 18.2. The molecule has 3 aliphatic rings. The van der Waals surface area contributed by atoms with Crippen molar-refractivity contribution in [1.82, 2.24) is 14.9 Å². The second-order valence-corrected chi connectivity index (χ2v) is 7.69. The Morgan fingerprint density at radius 2 is 2.08 bits per heavy atom. The first-order valence-electron chi connectivity index (χ1n) is 9.42. The van der Waals surface area contributed by atoms with Crippen molar-refractivity contribution in [3.05, 3.63) is 0 Å². The molecule has 2 aliphatic carbocycles. The van der Waals surface area contributed by atoms with E-state index in [2.05, 4.69) is 0 Å². The number of likely N-dealkylation sites (N-methyl/N-ethyl adjacent to an activating group) is 1. The minimum absolute atomic E-state index is 0.246. The fourth-order valence-electron chi connectivity index (χ4n) is 4.37. The SMILES string of the molecule is CCN(OC)C(=O)CN1C(=O)CCN(CC2CCCC3(CC3)C2)C1=O. The van der Waals surface area contributed by atoms with Crippen LogP contribution in [0, 0.1) is 11.3 Å². The summed E-state index contributed by atoms with van der Waals surface area (Å²) in [5.74, 6) is -0.121. The Kier molecular flexibility index (Phi) is 5.32. The minimum Gasteiger partial charge on any atom is -0.323 e. The van der Waals surface area contributed by atoms with Crippen LogP contribution in [0.4, 0.5) is 4.79 Å². The van der Waals surface area contributed by atoms with Gasteiger partial charge in [0, 0.05) is 26.1 Å². The molecule has 140 valence electrons. The molecule has 0 radical (unpaired) electrons. The normalized spacial score (nSPS) is 25.4. The van der Waals surface area contributed by atoms with Crippen molar-refractivity contribution in [2.24, 2.45) is 11.3 Å². The van der Waals surface area contributed by atoms with Crippen LogP contribution in [-0.4, -0.2) is 66.0 Å². The molecule has 3 rings (SSSR count). The predicted molar refractivity (Wildman–Crippen MR) is 91.3 cm³/mol. The van der Waals surface area contributed by atoms with E-state index in [-0.39, 0.29) is 30.8 Å². The third-order valence-electron chi connectivity index (χ3n) is 5.95. The molecule has 7 heteroatoms. The lowest BCUT2D eigenvalue weighted by Crippen LogP contribution is -2.56. The largest absolute Gasteiger partial charge is 0.327 e. The summed E-state index contributed by atoms with van der Waals surface area (Å²) in [5, 5.41) is 1.16. The molecule has 1 spiro atoms. The van der Waals surface area contributed by atoms with E-state index >= 15 is 0 Å². The molecular formula is C18H29N3O4. The lowest BCUT2D eigenvalue weighted by Gasteiger charge is -2.38. The van der Waals surface area contributed by atoms with Crippen LogP contribution in [-0.2, 0) is 14.4 Å². The summed E-state index contributed by atoms with van der Waals surface area (Å²) < 4.78 is 0. The Balaban J connectivity index is 1.59. The molecule has 0 aromatic heterocycles. The second-order valence-electron chi connectivity index (χ2n) is 7.69. The van der Waals surface area contributed by atoms with Crippen molar-refractivity contribution >= 4 is 17.8 Å². The van der Waals surface area contributed by atoms with Crippen LogP contribution in [0.1, 0.15) is 51.9 Å². The molecule has 3 fully saturated rings. The van der Waals surface area contributed by atoms with E-state index in [4.69, 9.17) is 4.84 Å². The summed E-state index contributed by atoms with van der Waals surface area (Å²) in [4.78, 5) is 44.9. The summed E-state index contributed by atoms with van der Waals surface area (Å²) in [5.41, 5.74) is 0.563. The van der Waals surface area contributed by atoms with E-state index in [0.717, 1.165) is 16.4 Å². The van der Waals surface area contributed by atoms with Crippen molar-refractivity contribution in [3.63, 3.8) is 0 Å². The highest BCUT2D eigenvalue weighted by Gasteiger charge is 2.46. The molecule has 4 amide bonds. The van der Waals surface area contributed by atoms with Gasteiger partial charge in [-0.15, -0.1) is 0 Å². The maximum absolute atomic E-state index is 12.7. The van der Waals surface area contributed by atoms with Crippen LogP contribution in [0.25, 0.3) is 0 Å². The average Bonchev–Trinajstić information content (AvgIpc) is 3.34. The Hall–Kier alpha value is -1.63. The minimum atomic E-state index is -0.372. The molecule has 2 saturated carbocycles. The van der Waals surface area contributed by atoms with Crippen LogP contribution in [0.5, 0.6) is 0 Å². The maximum Gasteiger partial charge on any atom is 0.327 e. The summed E-state index contributed by atoms with van der Waals surface area (Å²) in [6.45, 7) is 3.09. The van der Waals surface area contributed by atoms with Gasteiger partial charge in [0.2, 0.25) is 5.91 Å². The van der Waals surface area contributed by atoms with Gasteiger partial charge >= 0.3 is 6.03 Å². The average molecular weight is 351 g/mol. The van der Waals surface area contributed by atoms with Crippen LogP contribution in [0.15, 0.2) is 0 Å². The Bertz CT molecular complexity index is 542. The third kappa shape index (κ3) is 3.97. The standard InChI is InChI=1S/C18H29N3O4/c1-3-21(25-2)16(23)13-20-15(22)6-10-19(17(20)24)12-14-5-4-7-18(11-14)8-9-18/h14H,3-13H2,1-2H3. The molecule has 0 bridgehead atoms. The number of carbonyl (C=O) groups is 3. The quantitative estimate of drug-likeness (QED) is 0.687. The van der Waals surface area contributed by atoms with Crippen LogP contribution in [0.3, 0.4) is 0 Å². The van der Waals surface area contributed by atoms with E-state index in [9.17, 15) is 14.4 Å². The zero-order valence-electron chi connectivity index (χ0n) is 15.3. The lowest BCUT2D eigenvalue weighted by molar-refractivity contribution is -0.176. The van der Waals surface area contributed by atoms with Gasteiger partial charge in [-0.1, -0.05) is 6.42 Å². The molecule has 0 aromatic carbocycles. The molecule has 1 saturated heterocycles. The number of urea groups is 1. The number of amides is 4. The lowest BCUT2D eigenvalue weighted by atomic mass is 9.79. The molecule has 0 aromatic rings. The van der Waals surface area contributed by atoms with Gasteiger partial charge in [-0.25, -0.2) is 9.86 Å². The fraction of sp³-hybridized carbons (Fsp3) is 0.833.